The van der Waals surface area contributed by atoms with Crippen molar-refractivity contribution in [2.75, 3.05) is 26.4 Å². The van der Waals surface area contributed by atoms with Crippen LogP contribution in [0, 0.1) is 0 Å². The molecule has 2 aromatic carbocycles. The summed E-state index contributed by atoms with van der Waals surface area (Å²) in [7, 11) is 0. The fraction of sp³-hybridized carbons (Fsp3) is 0.360. The van der Waals surface area contributed by atoms with Crippen molar-refractivity contribution in [2.24, 2.45) is 0 Å². The standard InChI is InChI=1S/C25H27NO7/c1-3-5-10-26-22(15-6-8-17(27)19(13-15)31-4-2)21(24(29)25(26)30)23(28)16-7-9-18-20(14-16)33-12-11-32-18/h6-9,13-14,22,27-28H,3-5,10-12H2,1-2H3/b23-21+. The van der Waals surface area contributed by atoms with Gasteiger partial charge < -0.3 is 29.3 Å². The molecule has 1 fully saturated rings. The van der Waals surface area contributed by atoms with Crippen LogP contribution in [-0.2, 0) is 9.59 Å². The summed E-state index contributed by atoms with van der Waals surface area (Å²) in [5.41, 5.74) is 0.896. The SMILES string of the molecule is CCCCN1C(=O)C(=O)/C(=C(/O)c2ccc3c(c2)OCCO3)C1c1ccc(O)c(OCC)c1. The Morgan fingerprint density at radius 2 is 1.85 bits per heavy atom. The first-order chi connectivity index (χ1) is 16.0. The molecule has 1 amide bonds. The van der Waals surface area contributed by atoms with Gasteiger partial charge in [0.05, 0.1) is 18.2 Å². The summed E-state index contributed by atoms with van der Waals surface area (Å²) in [6.07, 6.45) is 1.53. The molecule has 8 heteroatoms. The molecule has 0 saturated carbocycles. The number of carbonyl (C=O) groups excluding carboxylic acids is 2. The fourth-order valence-electron chi connectivity index (χ4n) is 4.10. The zero-order valence-electron chi connectivity index (χ0n) is 18.7. The molecule has 2 N–H and O–H groups in total. The molecule has 2 aromatic rings. The predicted octanol–water partition coefficient (Wildman–Crippen LogP) is 3.78. The van der Waals surface area contributed by atoms with Gasteiger partial charge in [-0.25, -0.2) is 0 Å². The van der Waals surface area contributed by atoms with Crippen LogP contribution in [0.4, 0.5) is 0 Å². The highest BCUT2D eigenvalue weighted by Crippen LogP contribution is 2.43. The smallest absolute Gasteiger partial charge is 0.295 e. The van der Waals surface area contributed by atoms with Gasteiger partial charge in [0.1, 0.15) is 19.0 Å². The number of amides is 1. The van der Waals surface area contributed by atoms with Crippen molar-refractivity contribution < 1.29 is 34.0 Å². The second-order valence-corrected chi connectivity index (χ2v) is 7.86. The van der Waals surface area contributed by atoms with Crippen LogP contribution in [0.5, 0.6) is 23.0 Å². The topological polar surface area (TPSA) is 106 Å². The fourth-order valence-corrected chi connectivity index (χ4v) is 4.10. The second-order valence-electron chi connectivity index (χ2n) is 7.86. The minimum absolute atomic E-state index is 0.0130. The molecule has 8 nitrogen and oxygen atoms in total. The number of unbranched alkanes of at least 4 members (excludes halogenated alkanes) is 1. The first-order valence-corrected chi connectivity index (χ1v) is 11.1. The molecule has 2 heterocycles. The molecule has 2 aliphatic heterocycles. The van der Waals surface area contributed by atoms with Crippen molar-refractivity contribution in [3.05, 3.63) is 53.1 Å². The van der Waals surface area contributed by atoms with Crippen LogP contribution in [0.3, 0.4) is 0 Å². The van der Waals surface area contributed by atoms with E-state index in [4.69, 9.17) is 14.2 Å². The Bertz CT molecular complexity index is 1110. The number of hydrogen-bond acceptors (Lipinski definition) is 7. The van der Waals surface area contributed by atoms with Gasteiger partial charge >= 0.3 is 0 Å². The molecule has 1 atom stereocenters. The van der Waals surface area contributed by atoms with E-state index in [1.165, 1.54) is 11.0 Å². The lowest BCUT2D eigenvalue weighted by Crippen LogP contribution is -2.30. The average molecular weight is 453 g/mol. The number of benzene rings is 2. The lowest BCUT2D eigenvalue weighted by Gasteiger charge is -2.26. The molecule has 174 valence electrons. The number of nitrogens with zero attached hydrogens (tertiary/aromatic N) is 1. The molecule has 0 bridgehead atoms. The highest BCUT2D eigenvalue weighted by Gasteiger charge is 2.46. The van der Waals surface area contributed by atoms with Gasteiger partial charge in [-0.15, -0.1) is 0 Å². The van der Waals surface area contributed by atoms with E-state index in [1.807, 2.05) is 6.92 Å². The number of carbonyl (C=O) groups is 2. The van der Waals surface area contributed by atoms with Crippen molar-refractivity contribution in [3.63, 3.8) is 0 Å². The number of aliphatic hydroxyl groups excluding tert-OH is 1. The predicted molar refractivity (Wildman–Crippen MR) is 121 cm³/mol. The first-order valence-electron chi connectivity index (χ1n) is 11.1. The Morgan fingerprint density at radius 1 is 1.09 bits per heavy atom. The van der Waals surface area contributed by atoms with Crippen LogP contribution < -0.4 is 14.2 Å². The summed E-state index contributed by atoms with van der Waals surface area (Å²) in [5.74, 6) is -0.496. The Balaban J connectivity index is 1.84. The maximum atomic E-state index is 13.1. The number of aromatic hydroxyl groups is 1. The summed E-state index contributed by atoms with van der Waals surface area (Å²) < 4.78 is 16.6. The zero-order chi connectivity index (χ0) is 23.5. The number of phenolic OH excluding ortho intramolecular Hbond substituents is 1. The molecule has 4 rings (SSSR count). The van der Waals surface area contributed by atoms with E-state index in [-0.39, 0.29) is 22.8 Å². The van der Waals surface area contributed by atoms with Gasteiger partial charge in [0, 0.05) is 12.1 Å². The summed E-state index contributed by atoms with van der Waals surface area (Å²) in [5, 5.41) is 21.3. The van der Waals surface area contributed by atoms with Crippen LogP contribution in [0.15, 0.2) is 42.0 Å². The second kappa shape index (κ2) is 9.44. The largest absolute Gasteiger partial charge is 0.507 e. The van der Waals surface area contributed by atoms with Gasteiger partial charge in [0.15, 0.2) is 23.0 Å². The summed E-state index contributed by atoms with van der Waals surface area (Å²) >= 11 is 0. The van der Waals surface area contributed by atoms with Crippen molar-refractivity contribution in [1.82, 2.24) is 4.90 Å². The van der Waals surface area contributed by atoms with E-state index >= 15 is 0 Å². The zero-order valence-corrected chi connectivity index (χ0v) is 18.7. The molecule has 33 heavy (non-hydrogen) atoms. The molecular weight excluding hydrogens is 426 g/mol. The third-order valence-corrected chi connectivity index (χ3v) is 5.71. The third-order valence-electron chi connectivity index (χ3n) is 5.71. The number of ketones is 1. The molecule has 1 unspecified atom stereocenters. The van der Waals surface area contributed by atoms with E-state index in [0.717, 1.165) is 6.42 Å². The van der Waals surface area contributed by atoms with E-state index < -0.39 is 17.7 Å². The number of Topliss-reactive ketones (excluding diaryl/α,β-unsaturated/α-hetero) is 1. The lowest BCUT2D eigenvalue weighted by molar-refractivity contribution is -0.139. The van der Waals surface area contributed by atoms with Crippen molar-refractivity contribution in [2.45, 2.75) is 32.7 Å². The minimum atomic E-state index is -0.815. The first kappa shape index (κ1) is 22.5. The van der Waals surface area contributed by atoms with Gasteiger partial charge in [-0.1, -0.05) is 19.4 Å². The third kappa shape index (κ3) is 4.20. The molecule has 0 aliphatic carbocycles. The Kier molecular flexibility index (Phi) is 6.44. The van der Waals surface area contributed by atoms with Gasteiger partial charge in [0.25, 0.3) is 11.7 Å². The molecule has 0 aromatic heterocycles. The normalized spacial score (nSPS) is 19.1. The van der Waals surface area contributed by atoms with Crippen LogP contribution in [0.1, 0.15) is 43.9 Å². The van der Waals surface area contributed by atoms with Gasteiger partial charge in [-0.05, 0) is 49.2 Å². The number of ether oxygens (including phenoxy) is 3. The molecule has 0 radical (unpaired) electrons. The quantitative estimate of drug-likeness (QED) is 0.373. The highest BCUT2D eigenvalue weighted by molar-refractivity contribution is 6.46. The number of aliphatic hydroxyl groups is 1. The Morgan fingerprint density at radius 3 is 2.58 bits per heavy atom. The van der Waals surface area contributed by atoms with E-state index in [2.05, 4.69) is 0 Å². The number of fused-ring (bicyclic) bond motifs is 1. The summed E-state index contributed by atoms with van der Waals surface area (Å²) in [6.45, 7) is 5.30. The number of hydrogen-bond donors (Lipinski definition) is 2. The summed E-state index contributed by atoms with van der Waals surface area (Å²) in [4.78, 5) is 27.5. The molecular formula is C25H27NO7. The van der Waals surface area contributed by atoms with Gasteiger partial charge in [-0.3, -0.25) is 9.59 Å². The van der Waals surface area contributed by atoms with E-state index in [1.54, 1.807) is 37.3 Å². The van der Waals surface area contributed by atoms with Gasteiger partial charge in [-0.2, -0.15) is 0 Å². The Labute approximate surface area is 192 Å². The molecule has 2 aliphatic rings. The lowest BCUT2D eigenvalue weighted by atomic mass is 9.94. The van der Waals surface area contributed by atoms with Crippen LogP contribution >= 0.6 is 0 Å². The molecule has 1 saturated heterocycles. The maximum absolute atomic E-state index is 13.1. The van der Waals surface area contributed by atoms with Crippen LogP contribution in [-0.4, -0.2) is 53.2 Å². The molecule has 0 spiro atoms. The number of rotatable bonds is 7. The van der Waals surface area contributed by atoms with Crippen molar-refractivity contribution in [3.8, 4) is 23.0 Å². The van der Waals surface area contributed by atoms with Crippen molar-refractivity contribution >= 4 is 17.4 Å². The average Bonchev–Trinajstić information content (AvgIpc) is 3.08. The Hall–Kier alpha value is -3.68. The highest BCUT2D eigenvalue weighted by atomic mass is 16.6. The van der Waals surface area contributed by atoms with Crippen LogP contribution in [0.25, 0.3) is 5.76 Å². The van der Waals surface area contributed by atoms with Crippen LogP contribution in [0.2, 0.25) is 0 Å². The summed E-state index contributed by atoms with van der Waals surface area (Å²) in [6, 6.07) is 8.77. The van der Waals surface area contributed by atoms with Gasteiger partial charge in [0.2, 0.25) is 0 Å². The number of phenols is 1. The number of likely N-dealkylation sites (tertiary alicyclic amines) is 1. The van der Waals surface area contributed by atoms with E-state index in [9.17, 15) is 19.8 Å². The monoisotopic (exact) mass is 453 g/mol. The van der Waals surface area contributed by atoms with E-state index in [0.29, 0.717) is 55.4 Å². The maximum Gasteiger partial charge on any atom is 0.295 e. The minimum Gasteiger partial charge on any atom is -0.507 e. The van der Waals surface area contributed by atoms with Crippen molar-refractivity contribution in [1.29, 1.82) is 0 Å².